The number of piperidine rings is 1. The van der Waals surface area contributed by atoms with Gasteiger partial charge in [-0.25, -0.2) is 5.14 Å². The van der Waals surface area contributed by atoms with E-state index in [1.807, 2.05) is 12.1 Å². The third-order valence-corrected chi connectivity index (χ3v) is 5.96. The summed E-state index contributed by atoms with van der Waals surface area (Å²) < 4.78 is 23.9. The van der Waals surface area contributed by atoms with Crippen LogP contribution >= 0.6 is 0 Å². The van der Waals surface area contributed by atoms with Gasteiger partial charge in [0.2, 0.25) is 5.91 Å². The number of hydrogen-bond acceptors (Lipinski definition) is 3. The van der Waals surface area contributed by atoms with Crippen LogP contribution in [0.5, 0.6) is 0 Å². The molecule has 3 rings (SSSR count). The lowest BCUT2D eigenvalue weighted by molar-refractivity contribution is -0.127. The van der Waals surface area contributed by atoms with E-state index < -0.39 is 10.2 Å². The van der Waals surface area contributed by atoms with Crippen LogP contribution in [0.25, 0.3) is 0 Å². The Kier molecular flexibility index (Phi) is 4.70. The fourth-order valence-corrected chi connectivity index (χ4v) is 4.29. The summed E-state index contributed by atoms with van der Waals surface area (Å²) in [6.07, 6.45) is 4.15. The van der Waals surface area contributed by atoms with Crippen LogP contribution in [0, 0.1) is 5.92 Å². The van der Waals surface area contributed by atoms with Gasteiger partial charge < -0.3 is 5.32 Å². The van der Waals surface area contributed by atoms with Gasteiger partial charge in [-0.15, -0.1) is 0 Å². The smallest absolute Gasteiger partial charge is 0.276 e. The molecule has 2 aliphatic rings. The van der Waals surface area contributed by atoms with Crippen molar-refractivity contribution in [3.63, 3.8) is 0 Å². The molecule has 0 unspecified atom stereocenters. The van der Waals surface area contributed by atoms with E-state index in [-0.39, 0.29) is 17.9 Å². The van der Waals surface area contributed by atoms with Crippen molar-refractivity contribution in [2.75, 3.05) is 13.1 Å². The largest absolute Gasteiger partial charge is 0.349 e. The van der Waals surface area contributed by atoms with E-state index in [1.54, 1.807) is 0 Å². The first kappa shape index (κ1) is 16.4. The summed E-state index contributed by atoms with van der Waals surface area (Å²) in [5.41, 5.74) is 2.53. The highest BCUT2D eigenvalue weighted by Gasteiger charge is 2.31. The van der Waals surface area contributed by atoms with Crippen LogP contribution in [0.4, 0.5) is 0 Å². The second-order valence-electron chi connectivity index (χ2n) is 6.37. The average Bonchev–Trinajstić information content (AvgIpc) is 2.54. The number of carbonyl (C=O) groups is 1. The molecule has 1 fully saturated rings. The van der Waals surface area contributed by atoms with Crippen LogP contribution in [-0.4, -0.2) is 31.7 Å². The SMILES string of the molecule is NS(=O)(=O)N1CCC(C(=O)N[C@@H]2CCCc3ccccc32)CC1. The number of nitrogens with zero attached hydrogens (tertiary/aromatic N) is 1. The Balaban J connectivity index is 1.61. The Labute approximate surface area is 137 Å². The maximum absolute atomic E-state index is 12.5. The summed E-state index contributed by atoms with van der Waals surface area (Å²) in [6, 6.07) is 8.32. The summed E-state index contributed by atoms with van der Waals surface area (Å²) in [5.74, 6) is -0.108. The molecule has 0 saturated carbocycles. The highest BCUT2D eigenvalue weighted by Crippen LogP contribution is 2.30. The Morgan fingerprint density at radius 3 is 2.57 bits per heavy atom. The second kappa shape index (κ2) is 6.59. The Hall–Kier alpha value is -1.44. The number of aryl methyl sites for hydroxylation is 1. The topological polar surface area (TPSA) is 92.5 Å². The summed E-state index contributed by atoms with van der Waals surface area (Å²) in [4.78, 5) is 12.5. The molecule has 23 heavy (non-hydrogen) atoms. The zero-order valence-electron chi connectivity index (χ0n) is 13.1. The molecule has 0 aromatic heterocycles. The van der Waals surface area contributed by atoms with Gasteiger partial charge in [0.05, 0.1) is 6.04 Å². The van der Waals surface area contributed by atoms with Crippen molar-refractivity contribution in [1.82, 2.24) is 9.62 Å². The van der Waals surface area contributed by atoms with Crippen LogP contribution in [0.3, 0.4) is 0 Å². The highest BCUT2D eigenvalue weighted by atomic mass is 32.2. The normalized spacial score (nSPS) is 23.3. The van der Waals surface area contributed by atoms with Crippen molar-refractivity contribution in [2.24, 2.45) is 11.1 Å². The van der Waals surface area contributed by atoms with Crippen molar-refractivity contribution in [2.45, 2.75) is 38.1 Å². The predicted octanol–water partition coefficient (Wildman–Crippen LogP) is 1.10. The average molecular weight is 337 g/mol. The third-order valence-electron chi connectivity index (χ3n) is 4.87. The molecule has 0 bridgehead atoms. The van der Waals surface area contributed by atoms with Crippen molar-refractivity contribution in [3.8, 4) is 0 Å². The summed E-state index contributed by atoms with van der Waals surface area (Å²) in [6.45, 7) is 0.635. The number of hydrogen-bond donors (Lipinski definition) is 2. The summed E-state index contributed by atoms with van der Waals surface area (Å²) >= 11 is 0. The molecule has 3 N–H and O–H groups in total. The maximum Gasteiger partial charge on any atom is 0.276 e. The van der Waals surface area contributed by atoms with Gasteiger partial charge in [-0.1, -0.05) is 24.3 Å². The molecule has 1 amide bonds. The number of nitrogens with two attached hydrogens (primary N) is 1. The Morgan fingerprint density at radius 1 is 1.17 bits per heavy atom. The van der Waals surface area contributed by atoms with Crippen molar-refractivity contribution in [1.29, 1.82) is 0 Å². The van der Waals surface area contributed by atoms with Crippen LogP contribution in [0.2, 0.25) is 0 Å². The number of fused-ring (bicyclic) bond motifs is 1. The molecule has 1 aliphatic heterocycles. The van der Waals surface area contributed by atoms with Crippen LogP contribution in [0.1, 0.15) is 42.9 Å². The minimum Gasteiger partial charge on any atom is -0.349 e. The number of rotatable bonds is 3. The number of nitrogens with one attached hydrogen (secondary N) is 1. The van der Waals surface area contributed by atoms with Gasteiger partial charge in [0.1, 0.15) is 0 Å². The number of amides is 1. The molecule has 1 atom stereocenters. The van der Waals surface area contributed by atoms with Crippen molar-refractivity contribution in [3.05, 3.63) is 35.4 Å². The molecule has 1 aliphatic carbocycles. The van der Waals surface area contributed by atoms with Gasteiger partial charge in [0.25, 0.3) is 10.2 Å². The zero-order valence-corrected chi connectivity index (χ0v) is 13.9. The Bertz CT molecular complexity index is 682. The van der Waals surface area contributed by atoms with Crippen LogP contribution < -0.4 is 10.5 Å². The predicted molar refractivity (Wildman–Crippen MR) is 87.7 cm³/mol. The van der Waals surface area contributed by atoms with Gasteiger partial charge >= 0.3 is 0 Å². The highest BCUT2D eigenvalue weighted by molar-refractivity contribution is 7.86. The fraction of sp³-hybridized carbons (Fsp3) is 0.562. The van der Waals surface area contributed by atoms with Gasteiger partial charge in [-0.05, 0) is 43.2 Å². The Morgan fingerprint density at radius 2 is 1.87 bits per heavy atom. The first-order chi connectivity index (χ1) is 10.9. The molecule has 126 valence electrons. The lowest BCUT2D eigenvalue weighted by Gasteiger charge is -2.32. The van der Waals surface area contributed by atoms with E-state index in [0.29, 0.717) is 25.9 Å². The van der Waals surface area contributed by atoms with Crippen molar-refractivity contribution >= 4 is 16.1 Å². The molecule has 0 spiro atoms. The van der Waals surface area contributed by atoms with Gasteiger partial charge in [-0.3, -0.25) is 4.79 Å². The van der Waals surface area contributed by atoms with E-state index in [1.165, 1.54) is 15.4 Å². The van der Waals surface area contributed by atoms with Crippen LogP contribution in [0.15, 0.2) is 24.3 Å². The molecule has 6 nitrogen and oxygen atoms in total. The van der Waals surface area contributed by atoms with Gasteiger partial charge in [0, 0.05) is 19.0 Å². The molecule has 1 saturated heterocycles. The molecule has 1 aromatic carbocycles. The van der Waals surface area contributed by atoms with Gasteiger partial charge in [0.15, 0.2) is 0 Å². The lowest BCUT2D eigenvalue weighted by atomic mass is 9.87. The maximum atomic E-state index is 12.5. The third kappa shape index (κ3) is 3.73. The molecular formula is C16H23N3O3S. The minimum absolute atomic E-state index is 0.0285. The van der Waals surface area contributed by atoms with Crippen molar-refractivity contribution < 1.29 is 13.2 Å². The lowest BCUT2D eigenvalue weighted by Crippen LogP contribution is -2.46. The summed E-state index contributed by atoms with van der Waals surface area (Å²) in [5, 5.41) is 8.29. The van der Waals surface area contributed by atoms with E-state index in [9.17, 15) is 13.2 Å². The number of carbonyl (C=O) groups excluding carboxylic acids is 1. The zero-order chi connectivity index (χ0) is 16.4. The summed E-state index contributed by atoms with van der Waals surface area (Å²) in [7, 11) is -3.64. The standard InChI is InChI=1S/C16H23N3O3S/c17-23(21,22)19-10-8-13(9-11-19)16(20)18-15-7-3-5-12-4-1-2-6-14(12)15/h1-2,4,6,13,15H,3,5,7-11H2,(H,18,20)(H2,17,21,22)/t15-/m1/s1. The molecule has 7 heteroatoms. The molecule has 0 radical (unpaired) electrons. The minimum atomic E-state index is -3.64. The second-order valence-corrected chi connectivity index (χ2v) is 7.92. The van der Waals surface area contributed by atoms with E-state index in [0.717, 1.165) is 19.3 Å². The molecular weight excluding hydrogens is 314 g/mol. The van der Waals surface area contributed by atoms with E-state index in [2.05, 4.69) is 17.4 Å². The number of benzene rings is 1. The first-order valence-corrected chi connectivity index (χ1v) is 9.61. The van der Waals surface area contributed by atoms with E-state index in [4.69, 9.17) is 5.14 Å². The molecule has 1 heterocycles. The molecule has 1 aromatic rings. The van der Waals surface area contributed by atoms with Crippen LogP contribution in [-0.2, 0) is 21.4 Å². The quantitative estimate of drug-likeness (QED) is 0.865. The monoisotopic (exact) mass is 337 g/mol. The fourth-order valence-electron chi connectivity index (χ4n) is 3.57. The van der Waals surface area contributed by atoms with Gasteiger partial charge in [-0.2, -0.15) is 12.7 Å². The van der Waals surface area contributed by atoms with E-state index >= 15 is 0 Å². The first-order valence-electron chi connectivity index (χ1n) is 8.11.